The molecule has 1 aromatic rings. The maximum Gasteiger partial charge on any atom is 0.195 e. The highest BCUT2D eigenvalue weighted by atomic mass is 16.5. The number of guanidine groups is 1. The lowest BCUT2D eigenvalue weighted by Gasteiger charge is -2.22. The van der Waals surface area contributed by atoms with Crippen molar-refractivity contribution in [2.24, 2.45) is 4.99 Å². The van der Waals surface area contributed by atoms with E-state index in [-0.39, 0.29) is 0 Å². The van der Waals surface area contributed by atoms with E-state index in [0.717, 1.165) is 5.96 Å². The van der Waals surface area contributed by atoms with Crippen LogP contribution in [0.1, 0.15) is 11.1 Å². The van der Waals surface area contributed by atoms with Crippen LogP contribution in [-0.2, 0) is 17.9 Å². The average Bonchev–Trinajstić information content (AvgIpc) is 2.31. The highest BCUT2D eigenvalue weighted by molar-refractivity contribution is 5.79. The topological polar surface area (TPSA) is 28.1 Å². The van der Waals surface area contributed by atoms with Gasteiger partial charge < -0.3 is 14.5 Å². The number of hydrogen-bond donors (Lipinski definition) is 0. The molecule has 0 aliphatic heterocycles. The molecule has 0 saturated heterocycles. The highest BCUT2D eigenvalue weighted by Crippen LogP contribution is 2.11. The standard InChI is InChI=1S/C14H23N3O/c1-16(2)14(17(3)4)15-10-12-8-6-7-9-13(12)11-18-5/h6-9H,10-11H2,1-5H3. The fourth-order valence-corrected chi connectivity index (χ4v) is 1.85. The zero-order valence-electron chi connectivity index (χ0n) is 12.0. The third kappa shape index (κ3) is 4.04. The van der Waals surface area contributed by atoms with Gasteiger partial charge in [-0.3, -0.25) is 0 Å². The Morgan fingerprint density at radius 2 is 1.61 bits per heavy atom. The van der Waals surface area contributed by atoms with Gasteiger partial charge in [0.25, 0.3) is 0 Å². The van der Waals surface area contributed by atoms with Crippen molar-refractivity contribution in [3.63, 3.8) is 0 Å². The minimum absolute atomic E-state index is 0.630. The van der Waals surface area contributed by atoms with Crippen LogP contribution in [-0.4, -0.2) is 51.1 Å². The molecule has 100 valence electrons. The van der Waals surface area contributed by atoms with Crippen LogP contribution in [0.5, 0.6) is 0 Å². The zero-order chi connectivity index (χ0) is 13.5. The van der Waals surface area contributed by atoms with E-state index in [0.29, 0.717) is 13.2 Å². The number of ether oxygens (including phenoxy) is 1. The molecule has 0 heterocycles. The lowest BCUT2D eigenvalue weighted by Crippen LogP contribution is -2.35. The molecule has 0 amide bonds. The third-order valence-corrected chi connectivity index (χ3v) is 2.61. The van der Waals surface area contributed by atoms with Gasteiger partial charge in [-0.2, -0.15) is 0 Å². The summed E-state index contributed by atoms with van der Waals surface area (Å²) in [6, 6.07) is 8.25. The highest BCUT2D eigenvalue weighted by Gasteiger charge is 2.05. The molecule has 0 atom stereocenters. The number of benzene rings is 1. The fourth-order valence-electron chi connectivity index (χ4n) is 1.85. The van der Waals surface area contributed by atoms with E-state index in [9.17, 15) is 0 Å². The Balaban J connectivity index is 2.87. The zero-order valence-corrected chi connectivity index (χ0v) is 12.0. The van der Waals surface area contributed by atoms with Crippen LogP contribution in [0.4, 0.5) is 0 Å². The summed E-state index contributed by atoms with van der Waals surface area (Å²) >= 11 is 0. The van der Waals surface area contributed by atoms with E-state index >= 15 is 0 Å². The quantitative estimate of drug-likeness (QED) is 0.602. The molecule has 0 N–H and O–H groups in total. The second-order valence-electron chi connectivity index (χ2n) is 4.61. The Bertz CT molecular complexity index is 390. The van der Waals surface area contributed by atoms with Crippen LogP contribution < -0.4 is 0 Å². The van der Waals surface area contributed by atoms with Crippen molar-refractivity contribution in [2.45, 2.75) is 13.2 Å². The fraction of sp³-hybridized carbons (Fsp3) is 0.500. The van der Waals surface area contributed by atoms with Gasteiger partial charge in [0, 0.05) is 35.3 Å². The molecule has 0 aliphatic rings. The summed E-state index contributed by atoms with van der Waals surface area (Å²) < 4.78 is 5.20. The molecule has 0 spiro atoms. The van der Waals surface area contributed by atoms with E-state index in [1.807, 2.05) is 50.1 Å². The van der Waals surface area contributed by atoms with E-state index in [1.165, 1.54) is 11.1 Å². The van der Waals surface area contributed by atoms with E-state index in [1.54, 1.807) is 7.11 Å². The van der Waals surface area contributed by atoms with E-state index in [4.69, 9.17) is 4.74 Å². The Morgan fingerprint density at radius 1 is 1.06 bits per heavy atom. The van der Waals surface area contributed by atoms with Crippen LogP contribution in [0, 0.1) is 0 Å². The number of nitrogens with zero attached hydrogens (tertiary/aromatic N) is 3. The largest absolute Gasteiger partial charge is 0.380 e. The summed E-state index contributed by atoms with van der Waals surface area (Å²) in [5.74, 6) is 0.960. The van der Waals surface area contributed by atoms with Crippen molar-refractivity contribution in [2.75, 3.05) is 35.3 Å². The lowest BCUT2D eigenvalue weighted by atomic mass is 10.1. The maximum absolute atomic E-state index is 5.20. The Morgan fingerprint density at radius 3 is 2.11 bits per heavy atom. The molecule has 18 heavy (non-hydrogen) atoms. The van der Waals surface area contributed by atoms with Crippen molar-refractivity contribution in [1.82, 2.24) is 9.80 Å². The van der Waals surface area contributed by atoms with Crippen molar-refractivity contribution in [1.29, 1.82) is 0 Å². The normalized spacial score (nSPS) is 10.1. The first-order valence-corrected chi connectivity index (χ1v) is 6.01. The van der Waals surface area contributed by atoms with Crippen molar-refractivity contribution in [3.05, 3.63) is 35.4 Å². The monoisotopic (exact) mass is 249 g/mol. The molecule has 0 fully saturated rings. The van der Waals surface area contributed by atoms with Gasteiger partial charge in [-0.05, 0) is 11.1 Å². The number of hydrogen-bond acceptors (Lipinski definition) is 2. The minimum Gasteiger partial charge on any atom is -0.380 e. The number of methoxy groups -OCH3 is 1. The van der Waals surface area contributed by atoms with Gasteiger partial charge in [0.1, 0.15) is 0 Å². The summed E-state index contributed by atoms with van der Waals surface area (Å²) in [4.78, 5) is 8.67. The van der Waals surface area contributed by atoms with E-state index in [2.05, 4.69) is 17.1 Å². The van der Waals surface area contributed by atoms with Crippen molar-refractivity contribution < 1.29 is 4.74 Å². The van der Waals surface area contributed by atoms with Crippen molar-refractivity contribution >= 4 is 5.96 Å². The molecule has 0 aromatic heterocycles. The maximum atomic E-state index is 5.20. The predicted octanol–water partition coefficient (Wildman–Crippen LogP) is 1.81. The van der Waals surface area contributed by atoms with Crippen molar-refractivity contribution in [3.8, 4) is 0 Å². The summed E-state index contributed by atoms with van der Waals surface area (Å²) in [5.41, 5.74) is 2.40. The summed E-state index contributed by atoms with van der Waals surface area (Å²) in [5, 5.41) is 0. The first-order valence-electron chi connectivity index (χ1n) is 6.01. The second kappa shape index (κ2) is 7.01. The summed E-state index contributed by atoms with van der Waals surface area (Å²) in [6.45, 7) is 1.30. The molecule has 4 nitrogen and oxygen atoms in total. The van der Waals surface area contributed by atoms with Gasteiger partial charge in [0.05, 0.1) is 13.2 Å². The van der Waals surface area contributed by atoms with Crippen LogP contribution >= 0.6 is 0 Å². The Labute approximate surface area is 110 Å². The molecular formula is C14H23N3O. The summed E-state index contributed by atoms with van der Waals surface area (Å²) in [7, 11) is 9.71. The van der Waals surface area contributed by atoms with E-state index < -0.39 is 0 Å². The van der Waals surface area contributed by atoms with Gasteiger partial charge in [0.2, 0.25) is 0 Å². The lowest BCUT2D eigenvalue weighted by molar-refractivity contribution is 0.184. The summed E-state index contributed by atoms with van der Waals surface area (Å²) in [6.07, 6.45) is 0. The SMILES string of the molecule is COCc1ccccc1CN=C(N(C)C)N(C)C. The average molecular weight is 249 g/mol. The first kappa shape index (κ1) is 14.5. The molecule has 1 rings (SSSR count). The van der Waals surface area contributed by atoms with Gasteiger partial charge in [-0.25, -0.2) is 4.99 Å². The van der Waals surface area contributed by atoms with Crippen LogP contribution in [0.15, 0.2) is 29.3 Å². The number of aliphatic imine (C=N–C) groups is 1. The molecule has 1 aromatic carbocycles. The van der Waals surface area contributed by atoms with Gasteiger partial charge >= 0.3 is 0 Å². The molecule has 4 heteroatoms. The van der Waals surface area contributed by atoms with Gasteiger partial charge in [-0.15, -0.1) is 0 Å². The molecular weight excluding hydrogens is 226 g/mol. The second-order valence-corrected chi connectivity index (χ2v) is 4.61. The Hall–Kier alpha value is -1.55. The molecule has 0 radical (unpaired) electrons. The van der Waals surface area contributed by atoms with Gasteiger partial charge in [0.15, 0.2) is 5.96 Å². The smallest absolute Gasteiger partial charge is 0.195 e. The minimum atomic E-state index is 0.630. The van der Waals surface area contributed by atoms with Crippen LogP contribution in [0.2, 0.25) is 0 Å². The third-order valence-electron chi connectivity index (χ3n) is 2.61. The predicted molar refractivity (Wildman–Crippen MR) is 75.7 cm³/mol. The van der Waals surface area contributed by atoms with Crippen LogP contribution in [0.25, 0.3) is 0 Å². The molecule has 0 aliphatic carbocycles. The number of rotatable bonds is 4. The molecule has 0 unspecified atom stereocenters. The molecule has 0 bridgehead atoms. The van der Waals surface area contributed by atoms with Gasteiger partial charge in [-0.1, -0.05) is 24.3 Å². The van der Waals surface area contributed by atoms with Crippen LogP contribution in [0.3, 0.4) is 0 Å². The Kier molecular flexibility index (Phi) is 5.65. The molecule has 0 saturated carbocycles. The first-order chi connectivity index (χ1) is 8.56.